The van der Waals surface area contributed by atoms with Crippen molar-refractivity contribution in [3.63, 3.8) is 0 Å². The third kappa shape index (κ3) is 5.16. The maximum atomic E-state index is 13.7. The molecule has 5 nitrogen and oxygen atoms in total. The van der Waals surface area contributed by atoms with Crippen molar-refractivity contribution in [2.24, 2.45) is 0 Å². The maximum absolute atomic E-state index is 13.7. The van der Waals surface area contributed by atoms with Crippen molar-refractivity contribution < 1.29 is 9.18 Å². The minimum absolute atomic E-state index is 0.269. The first kappa shape index (κ1) is 20.5. The van der Waals surface area contributed by atoms with Crippen LogP contribution in [0.1, 0.15) is 38.4 Å². The van der Waals surface area contributed by atoms with Gasteiger partial charge in [-0.15, -0.1) is 0 Å². The molecule has 0 aliphatic heterocycles. The number of carbonyl (C=O) groups excluding carboxylic acids is 1. The summed E-state index contributed by atoms with van der Waals surface area (Å²) in [6.45, 7) is 8.24. The van der Waals surface area contributed by atoms with Gasteiger partial charge in [0.15, 0.2) is 0 Å². The van der Waals surface area contributed by atoms with E-state index < -0.39 is 0 Å². The first-order chi connectivity index (χ1) is 13.8. The molecule has 1 amide bonds. The molecule has 6 heteroatoms. The Kier molecular flexibility index (Phi) is 6.22. The molecule has 3 aromatic rings. The third-order valence-electron chi connectivity index (χ3n) is 4.64. The SMILES string of the molecule is Cc1cc(C)c(Nc2nc(C)cc(C(=O)NCCc3ccccc3F)n2)c(C)c1. The topological polar surface area (TPSA) is 66.9 Å². The molecule has 1 aromatic heterocycles. The number of carbonyl (C=O) groups is 1. The molecule has 0 saturated heterocycles. The largest absolute Gasteiger partial charge is 0.350 e. The average Bonchev–Trinajstić information content (AvgIpc) is 2.65. The van der Waals surface area contributed by atoms with Crippen molar-refractivity contribution in [2.45, 2.75) is 34.1 Å². The molecule has 0 aliphatic rings. The summed E-state index contributed by atoms with van der Waals surface area (Å²) in [7, 11) is 0. The number of aryl methyl sites for hydroxylation is 4. The highest BCUT2D eigenvalue weighted by Crippen LogP contribution is 2.24. The molecule has 0 spiro atoms. The number of rotatable bonds is 6. The van der Waals surface area contributed by atoms with Crippen LogP contribution in [0.5, 0.6) is 0 Å². The zero-order valence-corrected chi connectivity index (χ0v) is 17.1. The van der Waals surface area contributed by atoms with Crippen molar-refractivity contribution in [1.82, 2.24) is 15.3 Å². The summed E-state index contributed by atoms with van der Waals surface area (Å²) in [5.41, 5.74) is 5.82. The molecule has 150 valence electrons. The number of benzene rings is 2. The Balaban J connectivity index is 1.71. The average molecular weight is 392 g/mol. The number of anilines is 2. The zero-order valence-electron chi connectivity index (χ0n) is 17.1. The molecule has 1 heterocycles. The minimum Gasteiger partial charge on any atom is -0.350 e. The maximum Gasteiger partial charge on any atom is 0.270 e. The van der Waals surface area contributed by atoms with Crippen LogP contribution >= 0.6 is 0 Å². The van der Waals surface area contributed by atoms with E-state index in [0.29, 0.717) is 30.2 Å². The summed E-state index contributed by atoms with van der Waals surface area (Å²) in [5.74, 6) is -0.207. The summed E-state index contributed by atoms with van der Waals surface area (Å²) in [6, 6.07) is 12.4. The Morgan fingerprint density at radius 2 is 1.69 bits per heavy atom. The van der Waals surface area contributed by atoms with Crippen molar-refractivity contribution >= 4 is 17.5 Å². The van der Waals surface area contributed by atoms with E-state index in [2.05, 4.69) is 39.7 Å². The standard InChI is InChI=1S/C23H25FN4O/c1-14-11-15(2)21(16(3)12-14)28-23-26-17(4)13-20(27-23)22(29)25-10-9-18-7-5-6-8-19(18)24/h5-8,11-13H,9-10H2,1-4H3,(H,25,29)(H,26,27,28). The fourth-order valence-electron chi connectivity index (χ4n) is 3.33. The second-order valence-electron chi connectivity index (χ2n) is 7.21. The second-order valence-corrected chi connectivity index (χ2v) is 7.21. The third-order valence-corrected chi connectivity index (χ3v) is 4.64. The van der Waals surface area contributed by atoms with Crippen LogP contribution in [0.15, 0.2) is 42.5 Å². The van der Waals surface area contributed by atoms with E-state index in [1.54, 1.807) is 24.3 Å². The van der Waals surface area contributed by atoms with E-state index in [1.165, 1.54) is 11.6 Å². The lowest BCUT2D eigenvalue weighted by molar-refractivity contribution is 0.0949. The quantitative estimate of drug-likeness (QED) is 0.645. The highest BCUT2D eigenvalue weighted by atomic mass is 19.1. The van der Waals surface area contributed by atoms with Gasteiger partial charge in [0.1, 0.15) is 11.5 Å². The summed E-state index contributed by atoms with van der Waals surface area (Å²) in [4.78, 5) is 21.3. The molecule has 0 atom stereocenters. The van der Waals surface area contributed by atoms with Crippen molar-refractivity contribution in [3.8, 4) is 0 Å². The van der Waals surface area contributed by atoms with Crippen LogP contribution in [0.2, 0.25) is 0 Å². The lowest BCUT2D eigenvalue weighted by Gasteiger charge is -2.14. The predicted octanol–water partition coefficient (Wildman–Crippen LogP) is 4.57. The Labute approximate surface area is 170 Å². The minimum atomic E-state index is -0.313. The first-order valence-electron chi connectivity index (χ1n) is 9.55. The van der Waals surface area contributed by atoms with Crippen LogP contribution in [-0.2, 0) is 6.42 Å². The lowest BCUT2D eigenvalue weighted by atomic mass is 10.1. The number of nitrogens with one attached hydrogen (secondary N) is 2. The summed E-state index contributed by atoms with van der Waals surface area (Å²) in [6.07, 6.45) is 0.412. The zero-order chi connectivity index (χ0) is 21.0. The number of aromatic nitrogens is 2. The van der Waals surface area contributed by atoms with Crippen molar-refractivity contribution in [3.05, 3.63) is 81.9 Å². The molecule has 29 heavy (non-hydrogen) atoms. The molecule has 0 bridgehead atoms. The molecule has 2 aromatic carbocycles. The Morgan fingerprint density at radius 3 is 2.38 bits per heavy atom. The molecule has 2 N–H and O–H groups in total. The highest BCUT2D eigenvalue weighted by Gasteiger charge is 2.12. The lowest BCUT2D eigenvalue weighted by Crippen LogP contribution is -2.27. The number of halogens is 1. The predicted molar refractivity (Wildman–Crippen MR) is 113 cm³/mol. The smallest absolute Gasteiger partial charge is 0.270 e. The van der Waals surface area contributed by atoms with Gasteiger partial charge < -0.3 is 10.6 Å². The van der Waals surface area contributed by atoms with Crippen LogP contribution in [0.4, 0.5) is 16.0 Å². The van der Waals surface area contributed by atoms with E-state index in [9.17, 15) is 9.18 Å². The summed E-state index contributed by atoms with van der Waals surface area (Å²) in [5, 5.41) is 6.04. The van der Waals surface area contributed by atoms with Gasteiger partial charge in [-0.2, -0.15) is 0 Å². The number of amides is 1. The Morgan fingerprint density at radius 1 is 1.00 bits per heavy atom. The molecule has 0 saturated carbocycles. The van der Waals surface area contributed by atoms with Gasteiger partial charge in [0.25, 0.3) is 5.91 Å². The second kappa shape index (κ2) is 8.82. The number of nitrogens with zero attached hydrogens (tertiary/aromatic N) is 2. The summed E-state index contributed by atoms with van der Waals surface area (Å²) >= 11 is 0. The highest BCUT2D eigenvalue weighted by molar-refractivity contribution is 5.92. The van der Waals surface area contributed by atoms with Gasteiger partial charge in [-0.3, -0.25) is 4.79 Å². The van der Waals surface area contributed by atoms with Gasteiger partial charge >= 0.3 is 0 Å². The molecule has 0 radical (unpaired) electrons. The van der Waals surface area contributed by atoms with Gasteiger partial charge in [-0.05, 0) is 62.9 Å². The van der Waals surface area contributed by atoms with Crippen LogP contribution in [0.3, 0.4) is 0 Å². The van der Waals surface area contributed by atoms with Gasteiger partial charge in [0.05, 0.1) is 0 Å². The molecule has 0 aliphatic carbocycles. The van der Waals surface area contributed by atoms with Gasteiger partial charge in [-0.1, -0.05) is 35.9 Å². The normalized spacial score (nSPS) is 10.7. The van der Waals surface area contributed by atoms with E-state index >= 15 is 0 Å². The van der Waals surface area contributed by atoms with Crippen LogP contribution in [0, 0.1) is 33.5 Å². The molecular weight excluding hydrogens is 367 g/mol. The van der Waals surface area contributed by atoms with Crippen LogP contribution in [-0.4, -0.2) is 22.4 Å². The first-order valence-corrected chi connectivity index (χ1v) is 9.55. The Hall–Kier alpha value is -3.28. The van der Waals surface area contributed by atoms with E-state index in [0.717, 1.165) is 16.8 Å². The summed E-state index contributed by atoms with van der Waals surface area (Å²) < 4.78 is 13.7. The van der Waals surface area contributed by atoms with Crippen LogP contribution < -0.4 is 10.6 Å². The number of hydrogen-bond donors (Lipinski definition) is 2. The molecular formula is C23H25FN4O. The van der Waals surface area contributed by atoms with Crippen LogP contribution in [0.25, 0.3) is 0 Å². The van der Waals surface area contributed by atoms with E-state index in [4.69, 9.17) is 0 Å². The fraction of sp³-hybridized carbons (Fsp3) is 0.261. The van der Waals surface area contributed by atoms with Crippen molar-refractivity contribution in [1.29, 1.82) is 0 Å². The molecule has 0 fully saturated rings. The van der Waals surface area contributed by atoms with E-state index in [-0.39, 0.29) is 17.4 Å². The monoisotopic (exact) mass is 392 g/mol. The van der Waals surface area contributed by atoms with Gasteiger partial charge in [-0.25, -0.2) is 14.4 Å². The van der Waals surface area contributed by atoms with Crippen molar-refractivity contribution in [2.75, 3.05) is 11.9 Å². The molecule has 3 rings (SSSR count). The van der Waals surface area contributed by atoms with Gasteiger partial charge in [0, 0.05) is 17.9 Å². The fourth-order valence-corrected chi connectivity index (χ4v) is 3.33. The molecule has 0 unspecified atom stereocenters. The number of hydrogen-bond acceptors (Lipinski definition) is 4. The van der Waals surface area contributed by atoms with E-state index in [1.807, 2.05) is 20.8 Å². The Bertz CT molecular complexity index is 1030. The van der Waals surface area contributed by atoms with Gasteiger partial charge in [0.2, 0.25) is 5.95 Å².